The van der Waals surface area contributed by atoms with E-state index in [0.29, 0.717) is 24.8 Å². The maximum Gasteiger partial charge on any atom is 0.191 e. The molecule has 134 valence electrons. The van der Waals surface area contributed by atoms with Gasteiger partial charge in [0.05, 0.1) is 23.5 Å². The maximum absolute atomic E-state index is 11.6. The van der Waals surface area contributed by atoms with E-state index in [0.717, 1.165) is 38.1 Å². The Balaban J connectivity index is 1.62. The third-order valence-electron chi connectivity index (χ3n) is 5.53. The van der Waals surface area contributed by atoms with Crippen molar-refractivity contribution in [1.82, 2.24) is 10.6 Å². The molecule has 1 aliphatic heterocycles. The fourth-order valence-electron chi connectivity index (χ4n) is 4.10. The molecule has 6 nitrogen and oxygen atoms in total. The van der Waals surface area contributed by atoms with Gasteiger partial charge in [-0.1, -0.05) is 12.8 Å². The number of hydrogen-bond donors (Lipinski definition) is 2. The van der Waals surface area contributed by atoms with E-state index in [1.165, 1.54) is 12.8 Å². The van der Waals surface area contributed by atoms with Gasteiger partial charge in [-0.05, 0) is 44.4 Å². The Morgan fingerprint density at radius 3 is 2.54 bits per heavy atom. The summed E-state index contributed by atoms with van der Waals surface area (Å²) in [4.78, 5) is 4.69. The van der Waals surface area contributed by atoms with Gasteiger partial charge in [0.25, 0.3) is 0 Å². The van der Waals surface area contributed by atoms with Gasteiger partial charge in [0, 0.05) is 18.6 Å². The van der Waals surface area contributed by atoms with Gasteiger partial charge in [-0.15, -0.1) is 0 Å². The molecule has 2 N–H and O–H groups in total. The predicted molar refractivity (Wildman–Crippen MR) is 94.3 cm³/mol. The van der Waals surface area contributed by atoms with E-state index >= 15 is 0 Å². The van der Waals surface area contributed by atoms with E-state index in [1.807, 2.05) is 0 Å². The number of rotatable bonds is 4. The quantitative estimate of drug-likeness (QED) is 0.592. The van der Waals surface area contributed by atoms with Crippen LogP contribution in [0.15, 0.2) is 4.99 Å². The lowest BCUT2D eigenvalue weighted by atomic mass is 10.1. The molecule has 3 unspecified atom stereocenters. The fourth-order valence-corrected chi connectivity index (χ4v) is 5.95. The smallest absolute Gasteiger partial charge is 0.191 e. The average molecular weight is 353 g/mol. The van der Waals surface area contributed by atoms with Crippen LogP contribution >= 0.6 is 0 Å². The highest BCUT2D eigenvalue weighted by atomic mass is 32.2. The molecule has 3 fully saturated rings. The van der Waals surface area contributed by atoms with Gasteiger partial charge < -0.3 is 10.6 Å². The number of guanidine groups is 1. The lowest BCUT2D eigenvalue weighted by Crippen LogP contribution is -2.48. The Morgan fingerprint density at radius 2 is 1.88 bits per heavy atom. The van der Waals surface area contributed by atoms with Gasteiger partial charge in [-0.3, -0.25) is 4.99 Å². The van der Waals surface area contributed by atoms with E-state index in [1.54, 1.807) is 0 Å². The van der Waals surface area contributed by atoms with Crippen LogP contribution in [-0.2, 0) is 9.84 Å². The Morgan fingerprint density at radius 1 is 1.08 bits per heavy atom. The van der Waals surface area contributed by atoms with Crippen LogP contribution < -0.4 is 10.6 Å². The summed E-state index contributed by atoms with van der Waals surface area (Å²) >= 11 is 0. The molecule has 2 saturated carbocycles. The molecule has 3 aliphatic rings. The first kappa shape index (κ1) is 17.5. The monoisotopic (exact) mass is 352 g/mol. The maximum atomic E-state index is 11.6. The van der Waals surface area contributed by atoms with E-state index in [9.17, 15) is 13.7 Å². The van der Waals surface area contributed by atoms with Crippen LogP contribution in [0.5, 0.6) is 0 Å². The van der Waals surface area contributed by atoms with Gasteiger partial charge in [0.15, 0.2) is 15.8 Å². The minimum Gasteiger partial charge on any atom is -0.354 e. The van der Waals surface area contributed by atoms with Crippen LogP contribution in [0.2, 0.25) is 0 Å². The second-order valence-electron chi connectivity index (χ2n) is 7.50. The third-order valence-corrected chi connectivity index (χ3v) is 7.37. The molecule has 3 atom stereocenters. The summed E-state index contributed by atoms with van der Waals surface area (Å²) in [6, 6.07) is 3.01. The lowest BCUT2D eigenvalue weighted by molar-refractivity contribution is 0.515. The van der Waals surface area contributed by atoms with Gasteiger partial charge >= 0.3 is 0 Å². The van der Waals surface area contributed by atoms with Crippen molar-refractivity contribution in [3.05, 3.63) is 0 Å². The van der Waals surface area contributed by atoms with Crippen molar-refractivity contribution < 1.29 is 8.42 Å². The van der Waals surface area contributed by atoms with Crippen molar-refractivity contribution in [2.24, 2.45) is 16.8 Å². The van der Waals surface area contributed by atoms with E-state index in [2.05, 4.69) is 21.7 Å². The number of aliphatic imine (C=N–C) groups is 1. The first-order chi connectivity index (χ1) is 11.6. The molecule has 0 aromatic carbocycles. The predicted octanol–water partition coefficient (Wildman–Crippen LogP) is 1.59. The Kier molecular flexibility index (Phi) is 5.65. The third kappa shape index (κ3) is 4.62. The standard InChI is InChI=1S/C17H28N4O2S/c18-10-14-4-3-7-16(14)21-17(20-15-5-1-2-6-15)19-11-13-8-9-24(22,23)12-13/h13-16H,1-9,11-12H2,(H2,19,20,21). The molecular weight excluding hydrogens is 324 g/mol. The molecule has 0 radical (unpaired) electrons. The largest absolute Gasteiger partial charge is 0.354 e. The lowest BCUT2D eigenvalue weighted by Gasteiger charge is -2.23. The number of nitrogens with one attached hydrogen (secondary N) is 2. The summed E-state index contributed by atoms with van der Waals surface area (Å²) < 4.78 is 23.2. The zero-order valence-corrected chi connectivity index (χ0v) is 15.0. The van der Waals surface area contributed by atoms with Gasteiger partial charge in [0.1, 0.15) is 0 Å². The van der Waals surface area contributed by atoms with Crippen LogP contribution in [0.1, 0.15) is 51.4 Å². The number of hydrogen-bond acceptors (Lipinski definition) is 4. The Labute approximate surface area is 145 Å². The van der Waals surface area contributed by atoms with Crippen molar-refractivity contribution in [3.8, 4) is 6.07 Å². The average Bonchev–Trinajstić information content (AvgIpc) is 3.26. The van der Waals surface area contributed by atoms with E-state index in [4.69, 9.17) is 0 Å². The molecule has 0 spiro atoms. The first-order valence-electron chi connectivity index (χ1n) is 9.23. The zero-order valence-electron chi connectivity index (χ0n) is 14.2. The summed E-state index contributed by atoms with van der Waals surface area (Å²) in [7, 11) is -2.85. The van der Waals surface area contributed by atoms with Crippen molar-refractivity contribution in [1.29, 1.82) is 5.26 Å². The van der Waals surface area contributed by atoms with Crippen LogP contribution in [0.3, 0.4) is 0 Å². The van der Waals surface area contributed by atoms with E-state index < -0.39 is 9.84 Å². The second-order valence-corrected chi connectivity index (χ2v) is 9.73. The topological polar surface area (TPSA) is 94.3 Å². The molecule has 24 heavy (non-hydrogen) atoms. The molecule has 0 aromatic rings. The van der Waals surface area contributed by atoms with E-state index in [-0.39, 0.29) is 23.6 Å². The summed E-state index contributed by atoms with van der Waals surface area (Å²) in [5.74, 6) is 1.51. The van der Waals surface area contributed by atoms with Gasteiger partial charge in [-0.2, -0.15) is 5.26 Å². The van der Waals surface area contributed by atoms with Crippen LogP contribution in [0.25, 0.3) is 0 Å². The highest BCUT2D eigenvalue weighted by Crippen LogP contribution is 2.25. The normalized spacial score (nSPS) is 33.5. The number of sulfone groups is 1. The number of nitriles is 1. The van der Waals surface area contributed by atoms with Crippen LogP contribution in [-0.4, -0.2) is 44.5 Å². The summed E-state index contributed by atoms with van der Waals surface area (Å²) in [5, 5.41) is 16.2. The molecular formula is C17H28N4O2S. The van der Waals surface area contributed by atoms with Gasteiger partial charge in [-0.25, -0.2) is 8.42 Å². The molecule has 1 heterocycles. The summed E-state index contributed by atoms with van der Waals surface area (Å²) in [6.07, 6.45) is 8.55. The molecule has 2 aliphatic carbocycles. The molecule has 3 rings (SSSR count). The minimum atomic E-state index is -2.85. The molecule has 7 heteroatoms. The highest BCUT2D eigenvalue weighted by molar-refractivity contribution is 7.91. The van der Waals surface area contributed by atoms with Crippen molar-refractivity contribution in [2.45, 2.75) is 63.5 Å². The fraction of sp³-hybridized carbons (Fsp3) is 0.882. The molecule has 1 saturated heterocycles. The van der Waals surface area contributed by atoms with Gasteiger partial charge in [0.2, 0.25) is 0 Å². The Hall–Kier alpha value is -1.29. The second kappa shape index (κ2) is 7.73. The van der Waals surface area contributed by atoms with Crippen molar-refractivity contribution in [3.63, 3.8) is 0 Å². The van der Waals surface area contributed by atoms with Crippen molar-refractivity contribution >= 4 is 15.8 Å². The zero-order chi connectivity index (χ0) is 17.0. The summed E-state index contributed by atoms with van der Waals surface area (Å²) in [5.41, 5.74) is 0. The van der Waals surface area contributed by atoms with Crippen LogP contribution in [0, 0.1) is 23.2 Å². The Bertz CT molecular complexity index is 605. The summed E-state index contributed by atoms with van der Waals surface area (Å²) in [6.45, 7) is 0.547. The highest BCUT2D eigenvalue weighted by Gasteiger charge is 2.30. The van der Waals surface area contributed by atoms with Crippen molar-refractivity contribution in [2.75, 3.05) is 18.1 Å². The molecule has 0 bridgehead atoms. The first-order valence-corrected chi connectivity index (χ1v) is 11.1. The molecule has 0 amide bonds. The molecule has 0 aromatic heterocycles. The minimum absolute atomic E-state index is 0.0486. The SMILES string of the molecule is N#CC1CCCC1NC(=NCC1CCS(=O)(=O)C1)NC1CCCC1. The van der Waals surface area contributed by atoms with Crippen LogP contribution in [0.4, 0.5) is 0 Å². The number of nitrogens with zero attached hydrogens (tertiary/aromatic N) is 2.